The van der Waals surface area contributed by atoms with Crippen molar-refractivity contribution in [1.82, 2.24) is 0 Å². The average Bonchev–Trinajstić information content (AvgIpc) is 3.16. The highest BCUT2D eigenvalue weighted by molar-refractivity contribution is 7.17. The van der Waals surface area contributed by atoms with Crippen LogP contribution in [0, 0.1) is 18.3 Å². The van der Waals surface area contributed by atoms with Gasteiger partial charge >= 0.3 is 0 Å². The molecule has 5 heteroatoms. The molecule has 178 valence electrons. The number of aryl methyl sites for hydroxylation is 2. The second-order valence-electron chi connectivity index (χ2n) is 10.2. The van der Waals surface area contributed by atoms with Crippen LogP contribution in [-0.4, -0.2) is 11.8 Å². The first-order valence-electron chi connectivity index (χ1n) is 12.1. The van der Waals surface area contributed by atoms with E-state index in [4.69, 9.17) is 0 Å². The van der Waals surface area contributed by atoms with Gasteiger partial charge in [0.15, 0.2) is 0 Å². The number of hydrogen-bond acceptors (Lipinski definition) is 3. The number of amides is 2. The molecule has 4 nitrogen and oxygen atoms in total. The van der Waals surface area contributed by atoms with Gasteiger partial charge in [-0.1, -0.05) is 64.1 Å². The van der Waals surface area contributed by atoms with Crippen LogP contribution < -0.4 is 10.6 Å². The molecule has 2 amide bonds. The highest BCUT2D eigenvalue weighted by Crippen LogP contribution is 2.44. The van der Waals surface area contributed by atoms with Crippen molar-refractivity contribution < 1.29 is 9.59 Å². The molecule has 0 saturated heterocycles. The third-order valence-electron chi connectivity index (χ3n) is 6.98. The van der Waals surface area contributed by atoms with Crippen molar-refractivity contribution in [2.45, 2.75) is 60.3 Å². The van der Waals surface area contributed by atoms with Crippen molar-refractivity contribution >= 4 is 33.8 Å². The zero-order valence-electron chi connectivity index (χ0n) is 20.7. The summed E-state index contributed by atoms with van der Waals surface area (Å²) < 4.78 is 0. The first kappa shape index (κ1) is 24.2. The first-order valence-corrected chi connectivity index (χ1v) is 12.9. The van der Waals surface area contributed by atoms with E-state index < -0.39 is 0 Å². The number of carbonyl (C=O) groups is 2. The fourth-order valence-electron chi connectivity index (χ4n) is 4.79. The maximum atomic E-state index is 13.6. The zero-order valence-corrected chi connectivity index (χ0v) is 21.6. The second-order valence-corrected chi connectivity index (χ2v) is 11.4. The number of nitrogens with one attached hydrogen (secondary N) is 2. The number of rotatable bonds is 5. The van der Waals surface area contributed by atoms with E-state index >= 15 is 0 Å². The van der Waals surface area contributed by atoms with Crippen LogP contribution in [0.15, 0.2) is 48.5 Å². The fraction of sp³-hybridized carbons (Fsp3) is 0.379. The van der Waals surface area contributed by atoms with Gasteiger partial charge in [-0.25, -0.2) is 0 Å². The third kappa shape index (κ3) is 4.95. The quantitative estimate of drug-likeness (QED) is 0.408. The van der Waals surface area contributed by atoms with E-state index in [0.717, 1.165) is 48.1 Å². The van der Waals surface area contributed by atoms with E-state index in [9.17, 15) is 9.59 Å². The van der Waals surface area contributed by atoms with Crippen LogP contribution in [0.2, 0.25) is 0 Å². The predicted molar refractivity (Wildman–Crippen MR) is 142 cm³/mol. The molecular weight excluding hydrogens is 440 g/mol. The lowest BCUT2D eigenvalue weighted by Crippen LogP contribution is -2.27. The van der Waals surface area contributed by atoms with Crippen molar-refractivity contribution in [3.05, 3.63) is 81.2 Å². The highest BCUT2D eigenvalue weighted by atomic mass is 32.1. The van der Waals surface area contributed by atoms with Crippen LogP contribution in [0.25, 0.3) is 0 Å². The Hall–Kier alpha value is -2.92. The molecule has 3 aromatic rings. The summed E-state index contributed by atoms with van der Waals surface area (Å²) in [5.41, 5.74) is 5.39. The molecule has 1 unspecified atom stereocenters. The molecule has 0 spiro atoms. The highest BCUT2D eigenvalue weighted by Gasteiger charge is 2.34. The number of para-hydroxylation sites is 1. The molecule has 1 aliphatic carbocycles. The van der Waals surface area contributed by atoms with Gasteiger partial charge in [0, 0.05) is 16.1 Å². The summed E-state index contributed by atoms with van der Waals surface area (Å²) in [5, 5.41) is 6.88. The number of hydrogen-bond donors (Lipinski definition) is 2. The fourth-order valence-corrected chi connectivity index (χ4v) is 6.11. The standard InChI is InChI=1S/C29H34N2O2S/c1-6-19-12-8-10-14-23(19)30-27(33)25-22-16-15-20(29(3,4)5)17-24(22)34-28(25)31-26(32)21-13-9-7-11-18(21)2/h7-14,20H,6,15-17H2,1-5H3,(H,30,33)(H,31,32). The van der Waals surface area contributed by atoms with Crippen LogP contribution >= 0.6 is 11.3 Å². The Morgan fingerprint density at radius 2 is 1.71 bits per heavy atom. The van der Waals surface area contributed by atoms with Crippen molar-refractivity contribution in [2.24, 2.45) is 11.3 Å². The monoisotopic (exact) mass is 474 g/mol. The second kappa shape index (κ2) is 9.75. The van der Waals surface area contributed by atoms with Gasteiger partial charge in [-0.05, 0) is 72.8 Å². The van der Waals surface area contributed by atoms with Crippen LogP contribution in [0.3, 0.4) is 0 Å². The van der Waals surface area contributed by atoms with Gasteiger partial charge in [0.05, 0.1) is 5.56 Å². The molecule has 0 bridgehead atoms. The van der Waals surface area contributed by atoms with Crippen molar-refractivity contribution in [3.8, 4) is 0 Å². The number of benzene rings is 2. The molecule has 0 aliphatic heterocycles. The molecule has 1 aliphatic rings. The number of anilines is 2. The molecule has 1 atom stereocenters. The summed E-state index contributed by atoms with van der Waals surface area (Å²) in [6, 6.07) is 15.4. The third-order valence-corrected chi connectivity index (χ3v) is 8.15. The molecule has 2 aromatic carbocycles. The molecule has 1 aromatic heterocycles. The zero-order chi connectivity index (χ0) is 24.5. The summed E-state index contributed by atoms with van der Waals surface area (Å²) in [7, 11) is 0. The molecule has 1 heterocycles. The van der Waals surface area contributed by atoms with Gasteiger partial charge in [-0.2, -0.15) is 0 Å². The van der Waals surface area contributed by atoms with Gasteiger partial charge in [0.1, 0.15) is 5.00 Å². The van der Waals surface area contributed by atoms with Gasteiger partial charge in [-0.3, -0.25) is 9.59 Å². The smallest absolute Gasteiger partial charge is 0.258 e. The largest absolute Gasteiger partial charge is 0.322 e. The molecule has 0 saturated carbocycles. The van der Waals surface area contributed by atoms with E-state index in [0.29, 0.717) is 22.0 Å². The van der Waals surface area contributed by atoms with E-state index in [1.807, 2.05) is 55.5 Å². The van der Waals surface area contributed by atoms with Gasteiger partial charge in [0.2, 0.25) is 0 Å². The SMILES string of the molecule is CCc1ccccc1NC(=O)c1c(NC(=O)c2ccccc2C)sc2c1CCC(C(C)(C)C)C2. The molecule has 34 heavy (non-hydrogen) atoms. The van der Waals surface area contributed by atoms with E-state index in [1.165, 1.54) is 4.88 Å². The summed E-state index contributed by atoms with van der Waals surface area (Å²) in [4.78, 5) is 28.0. The van der Waals surface area contributed by atoms with E-state index in [-0.39, 0.29) is 17.2 Å². The Morgan fingerprint density at radius 1 is 1.00 bits per heavy atom. The molecule has 4 rings (SSSR count). The lowest BCUT2D eigenvalue weighted by Gasteiger charge is -2.33. The average molecular weight is 475 g/mol. The Labute approximate surface area is 206 Å². The summed E-state index contributed by atoms with van der Waals surface area (Å²) in [5.74, 6) is 0.232. The lowest BCUT2D eigenvalue weighted by atomic mass is 9.72. The van der Waals surface area contributed by atoms with E-state index in [2.05, 4.69) is 38.3 Å². The van der Waals surface area contributed by atoms with Crippen LogP contribution in [0.4, 0.5) is 10.7 Å². The van der Waals surface area contributed by atoms with Crippen LogP contribution in [0.1, 0.15) is 76.4 Å². The van der Waals surface area contributed by atoms with Gasteiger partial charge in [0.25, 0.3) is 11.8 Å². The van der Waals surface area contributed by atoms with Crippen LogP contribution in [-0.2, 0) is 19.3 Å². The summed E-state index contributed by atoms with van der Waals surface area (Å²) in [6.45, 7) is 10.9. The summed E-state index contributed by atoms with van der Waals surface area (Å²) in [6.07, 6.45) is 3.67. The van der Waals surface area contributed by atoms with Crippen molar-refractivity contribution in [1.29, 1.82) is 0 Å². The molecule has 0 radical (unpaired) electrons. The Morgan fingerprint density at radius 3 is 2.41 bits per heavy atom. The van der Waals surface area contributed by atoms with Gasteiger partial charge in [-0.15, -0.1) is 11.3 Å². The van der Waals surface area contributed by atoms with Crippen molar-refractivity contribution in [2.75, 3.05) is 10.6 Å². The van der Waals surface area contributed by atoms with E-state index in [1.54, 1.807) is 11.3 Å². The molecular formula is C29H34N2O2S. The Kier molecular flexibility index (Phi) is 6.94. The molecule has 0 fully saturated rings. The number of carbonyl (C=O) groups excluding carboxylic acids is 2. The maximum absolute atomic E-state index is 13.6. The topological polar surface area (TPSA) is 58.2 Å². The minimum atomic E-state index is -0.174. The lowest BCUT2D eigenvalue weighted by molar-refractivity contribution is 0.102. The number of thiophene rings is 1. The Balaban J connectivity index is 1.71. The molecule has 2 N–H and O–H groups in total. The minimum absolute atomic E-state index is 0.146. The van der Waals surface area contributed by atoms with Crippen LogP contribution in [0.5, 0.6) is 0 Å². The minimum Gasteiger partial charge on any atom is -0.322 e. The van der Waals surface area contributed by atoms with Gasteiger partial charge < -0.3 is 10.6 Å². The first-order chi connectivity index (χ1) is 16.2. The summed E-state index contributed by atoms with van der Waals surface area (Å²) >= 11 is 1.57. The number of fused-ring (bicyclic) bond motifs is 1. The predicted octanol–water partition coefficient (Wildman–Crippen LogP) is 7.27. The van der Waals surface area contributed by atoms with Crippen molar-refractivity contribution in [3.63, 3.8) is 0 Å². The normalized spacial score (nSPS) is 15.5. The maximum Gasteiger partial charge on any atom is 0.258 e. The Bertz CT molecular complexity index is 1220.